The van der Waals surface area contributed by atoms with Crippen LogP contribution in [0.1, 0.15) is 64.1 Å². The fourth-order valence-electron chi connectivity index (χ4n) is 6.35. The lowest BCUT2D eigenvalue weighted by molar-refractivity contribution is -0.114. The molecule has 1 aromatic heterocycles. The van der Waals surface area contributed by atoms with Crippen LogP contribution in [0.3, 0.4) is 0 Å². The van der Waals surface area contributed by atoms with E-state index < -0.39 is 0 Å². The quantitative estimate of drug-likeness (QED) is 0.916. The zero-order valence-electron chi connectivity index (χ0n) is 12.8. The Balaban J connectivity index is 1.70. The molecule has 4 fully saturated rings. The average molecular weight is 273 g/mol. The van der Waals surface area contributed by atoms with Crippen LogP contribution in [0.5, 0.6) is 0 Å². The van der Waals surface area contributed by atoms with Gasteiger partial charge < -0.3 is 5.73 Å². The van der Waals surface area contributed by atoms with Crippen molar-refractivity contribution in [1.29, 1.82) is 0 Å². The van der Waals surface area contributed by atoms with E-state index in [4.69, 9.17) is 5.73 Å². The van der Waals surface area contributed by atoms with Gasteiger partial charge in [-0.1, -0.05) is 6.92 Å². The van der Waals surface area contributed by atoms with E-state index in [-0.39, 0.29) is 6.04 Å². The van der Waals surface area contributed by atoms with E-state index in [1.165, 1.54) is 44.2 Å². The first-order valence-corrected chi connectivity index (χ1v) is 8.31. The maximum atomic E-state index is 6.81. The van der Waals surface area contributed by atoms with Gasteiger partial charge in [-0.05, 0) is 74.2 Å². The Morgan fingerprint density at radius 3 is 2.65 bits per heavy atom. The van der Waals surface area contributed by atoms with Gasteiger partial charge in [0.2, 0.25) is 0 Å². The molecular formula is C17H27N3. The van der Waals surface area contributed by atoms with Crippen molar-refractivity contribution in [1.82, 2.24) is 9.78 Å². The van der Waals surface area contributed by atoms with Crippen LogP contribution in [-0.4, -0.2) is 9.78 Å². The third kappa shape index (κ3) is 1.71. The molecule has 3 unspecified atom stereocenters. The molecule has 4 bridgehead atoms. The summed E-state index contributed by atoms with van der Waals surface area (Å²) >= 11 is 0. The standard InChI is InChI=1S/C17H27N3/c1-3-20-14(4-5-19-20)15(18)17-9-12-6-13(10-17)8-16(2,7-12)11-17/h4-5,12-13,15H,3,6-11,18H2,1-2H3. The SMILES string of the molecule is CCn1nccc1C(N)C12CC3CC(CC(C)(C3)C1)C2. The second kappa shape index (κ2) is 4.09. The van der Waals surface area contributed by atoms with Crippen molar-refractivity contribution in [2.24, 2.45) is 28.4 Å². The molecule has 3 heteroatoms. The zero-order chi connectivity index (χ0) is 14.0. The fourth-order valence-corrected chi connectivity index (χ4v) is 6.35. The highest BCUT2D eigenvalue weighted by Crippen LogP contribution is 2.67. The first kappa shape index (κ1) is 12.9. The van der Waals surface area contributed by atoms with E-state index in [0.29, 0.717) is 10.8 Å². The second-order valence-electron chi connectivity index (χ2n) is 8.18. The summed E-state index contributed by atoms with van der Waals surface area (Å²) in [5.74, 6) is 1.87. The van der Waals surface area contributed by atoms with Crippen LogP contribution in [-0.2, 0) is 6.54 Å². The number of aryl methyl sites for hydroxylation is 1. The third-order valence-electron chi connectivity index (χ3n) is 6.43. The number of nitrogens with zero attached hydrogens (tertiary/aromatic N) is 2. The van der Waals surface area contributed by atoms with Crippen molar-refractivity contribution in [3.63, 3.8) is 0 Å². The molecule has 0 radical (unpaired) electrons. The number of hydrogen-bond donors (Lipinski definition) is 1. The lowest BCUT2D eigenvalue weighted by Gasteiger charge is -2.63. The van der Waals surface area contributed by atoms with E-state index in [1.54, 1.807) is 0 Å². The first-order chi connectivity index (χ1) is 9.54. The largest absolute Gasteiger partial charge is 0.322 e. The minimum Gasteiger partial charge on any atom is -0.322 e. The maximum absolute atomic E-state index is 6.81. The highest BCUT2D eigenvalue weighted by molar-refractivity contribution is 5.17. The van der Waals surface area contributed by atoms with Crippen LogP contribution in [0.15, 0.2) is 12.3 Å². The summed E-state index contributed by atoms with van der Waals surface area (Å²) in [5.41, 5.74) is 9.00. The van der Waals surface area contributed by atoms with E-state index in [1.807, 2.05) is 6.20 Å². The monoisotopic (exact) mass is 273 g/mol. The number of aromatic nitrogens is 2. The van der Waals surface area contributed by atoms with Crippen LogP contribution < -0.4 is 5.73 Å². The van der Waals surface area contributed by atoms with Crippen molar-refractivity contribution < 1.29 is 0 Å². The van der Waals surface area contributed by atoms with E-state index in [2.05, 4.69) is 29.7 Å². The summed E-state index contributed by atoms with van der Waals surface area (Å²) < 4.78 is 2.10. The Morgan fingerprint density at radius 2 is 2.05 bits per heavy atom. The zero-order valence-corrected chi connectivity index (χ0v) is 12.8. The molecule has 0 spiro atoms. The topological polar surface area (TPSA) is 43.8 Å². The summed E-state index contributed by atoms with van der Waals surface area (Å²) in [4.78, 5) is 0. The predicted octanol–water partition coefficient (Wildman–Crippen LogP) is 3.51. The van der Waals surface area contributed by atoms with Gasteiger partial charge in [-0.25, -0.2) is 0 Å². The van der Waals surface area contributed by atoms with Gasteiger partial charge in [0.25, 0.3) is 0 Å². The Kier molecular flexibility index (Phi) is 2.64. The molecule has 4 aliphatic rings. The van der Waals surface area contributed by atoms with Gasteiger partial charge in [-0.15, -0.1) is 0 Å². The van der Waals surface area contributed by atoms with Gasteiger partial charge in [-0.2, -0.15) is 5.10 Å². The molecule has 3 atom stereocenters. The minimum absolute atomic E-state index is 0.176. The smallest absolute Gasteiger partial charge is 0.0556 e. The van der Waals surface area contributed by atoms with Crippen LogP contribution in [0.4, 0.5) is 0 Å². The van der Waals surface area contributed by atoms with Crippen LogP contribution in [0.2, 0.25) is 0 Å². The van der Waals surface area contributed by atoms with Gasteiger partial charge in [0.15, 0.2) is 0 Å². The molecule has 3 nitrogen and oxygen atoms in total. The molecule has 5 rings (SSSR count). The molecule has 0 aliphatic heterocycles. The summed E-state index contributed by atoms with van der Waals surface area (Å²) in [7, 11) is 0. The van der Waals surface area contributed by atoms with Crippen molar-refractivity contribution in [2.75, 3.05) is 0 Å². The first-order valence-electron chi connectivity index (χ1n) is 8.31. The highest BCUT2D eigenvalue weighted by atomic mass is 15.3. The third-order valence-corrected chi connectivity index (χ3v) is 6.43. The van der Waals surface area contributed by atoms with E-state index in [9.17, 15) is 0 Å². The number of hydrogen-bond acceptors (Lipinski definition) is 2. The normalized spacial score (nSPS) is 44.0. The Labute approximate surface area is 121 Å². The predicted molar refractivity (Wildman–Crippen MR) is 80.1 cm³/mol. The van der Waals surface area contributed by atoms with E-state index in [0.717, 1.165) is 18.4 Å². The molecule has 20 heavy (non-hydrogen) atoms. The van der Waals surface area contributed by atoms with Gasteiger partial charge in [0, 0.05) is 12.7 Å². The van der Waals surface area contributed by atoms with Crippen LogP contribution in [0, 0.1) is 22.7 Å². The Morgan fingerprint density at radius 1 is 1.35 bits per heavy atom. The van der Waals surface area contributed by atoms with Crippen LogP contribution in [0.25, 0.3) is 0 Å². The molecule has 0 saturated heterocycles. The molecule has 0 aromatic carbocycles. The fraction of sp³-hybridized carbons (Fsp3) is 0.824. The second-order valence-corrected chi connectivity index (χ2v) is 8.18. The summed E-state index contributed by atoms with van der Waals surface area (Å²) in [6, 6.07) is 2.32. The molecule has 0 amide bonds. The van der Waals surface area contributed by atoms with Crippen molar-refractivity contribution in [3.8, 4) is 0 Å². The molecule has 4 aliphatic carbocycles. The summed E-state index contributed by atoms with van der Waals surface area (Å²) in [6.45, 7) is 5.60. The molecule has 110 valence electrons. The number of nitrogens with two attached hydrogens (primary N) is 1. The summed E-state index contributed by atoms with van der Waals surface area (Å²) in [5, 5.41) is 4.44. The molecule has 1 aromatic rings. The lowest BCUT2D eigenvalue weighted by atomic mass is 9.43. The average Bonchev–Trinajstić information content (AvgIpc) is 2.82. The van der Waals surface area contributed by atoms with Gasteiger partial charge in [0.05, 0.1) is 11.7 Å². The van der Waals surface area contributed by atoms with Crippen molar-refractivity contribution in [2.45, 2.75) is 65.0 Å². The lowest BCUT2D eigenvalue weighted by Crippen LogP contribution is -2.54. The van der Waals surface area contributed by atoms with Gasteiger partial charge in [0.1, 0.15) is 0 Å². The van der Waals surface area contributed by atoms with Crippen molar-refractivity contribution in [3.05, 3.63) is 18.0 Å². The molecule has 2 N–H and O–H groups in total. The summed E-state index contributed by atoms with van der Waals surface area (Å²) in [6.07, 6.45) is 10.3. The number of rotatable bonds is 3. The molecule has 1 heterocycles. The maximum Gasteiger partial charge on any atom is 0.0556 e. The van der Waals surface area contributed by atoms with E-state index >= 15 is 0 Å². The van der Waals surface area contributed by atoms with Crippen molar-refractivity contribution >= 4 is 0 Å². The van der Waals surface area contributed by atoms with Crippen LogP contribution >= 0.6 is 0 Å². The molecular weight excluding hydrogens is 246 g/mol. The molecule has 4 saturated carbocycles. The van der Waals surface area contributed by atoms with Gasteiger partial charge in [-0.3, -0.25) is 4.68 Å². The Bertz CT molecular complexity index is 504. The van der Waals surface area contributed by atoms with Gasteiger partial charge >= 0.3 is 0 Å². The minimum atomic E-state index is 0.176. The highest BCUT2D eigenvalue weighted by Gasteiger charge is 2.58. The Hall–Kier alpha value is -0.830.